The first-order valence-electron chi connectivity index (χ1n) is 24.6. The second kappa shape index (κ2) is 17.6. The van der Waals surface area contributed by atoms with Crippen molar-refractivity contribution in [2.24, 2.45) is 10.9 Å². The van der Waals surface area contributed by atoms with E-state index in [4.69, 9.17) is 9.41 Å². The van der Waals surface area contributed by atoms with E-state index in [2.05, 4.69) is 133 Å². The normalized spacial score (nSPS) is 21.9. The summed E-state index contributed by atoms with van der Waals surface area (Å²) in [6.07, 6.45) is 7.49. The lowest BCUT2D eigenvalue weighted by Crippen LogP contribution is -2.57. The number of aliphatic imine (C=N–C) groups is 1. The van der Waals surface area contributed by atoms with Gasteiger partial charge in [-0.2, -0.15) is 0 Å². The lowest BCUT2D eigenvalue weighted by molar-refractivity contribution is -0.0620. The van der Waals surface area contributed by atoms with Crippen molar-refractivity contribution in [2.75, 3.05) is 57.3 Å². The van der Waals surface area contributed by atoms with E-state index in [1.165, 1.54) is 43.9 Å². The van der Waals surface area contributed by atoms with Gasteiger partial charge >= 0.3 is 0 Å². The number of rotatable bonds is 11. The number of benzene rings is 4. The number of nitrogens with zero attached hydrogens (tertiary/aromatic N) is 8. The highest BCUT2D eigenvalue weighted by Gasteiger charge is 2.40. The number of hydrogen-bond acceptors (Lipinski definition) is 11. The maximum Gasteiger partial charge on any atom is 0.196 e. The highest BCUT2D eigenvalue weighted by Crippen LogP contribution is 2.48. The fourth-order valence-electron chi connectivity index (χ4n) is 12.0. The van der Waals surface area contributed by atoms with Crippen molar-refractivity contribution in [3.8, 4) is 10.8 Å². The number of β-amino-alcohol motifs (C(OH)–C–C–N with tert-alkyl or cyclic N) is 1. The van der Waals surface area contributed by atoms with E-state index in [-0.39, 0.29) is 12.0 Å². The Morgan fingerprint density at radius 2 is 1.59 bits per heavy atom. The fraction of sp³-hybridized carbons (Fsp3) is 0.393. The van der Waals surface area contributed by atoms with Gasteiger partial charge < -0.3 is 24.4 Å². The number of thiophene rings is 1. The number of aromatic hydroxyl groups is 1. The van der Waals surface area contributed by atoms with Crippen LogP contribution in [0.25, 0.3) is 5.00 Å². The topological polar surface area (TPSA) is 119 Å². The second-order valence-corrected chi connectivity index (χ2v) is 21.5. The summed E-state index contributed by atoms with van der Waals surface area (Å²) >= 11 is 1.77. The number of hydrogen-bond donors (Lipinski definition) is 2. The maximum atomic E-state index is 11.8. The SMILES string of the molecule is Cc1sc2c(c1C)C(c1ccc(C3CN(CC4(O)CCN(CC5CN(c6ccc([C@@H]7c8ccc(O)cc8CC[C@@H]7c7ccccc7)cc6)C5)CC4)C3)cc1)=N[C@@H](Cc1ncco1)c1nnc(C)n1-2. The lowest BCUT2D eigenvalue weighted by atomic mass is 9.69. The smallest absolute Gasteiger partial charge is 0.196 e. The number of likely N-dealkylation sites (tertiary alicyclic amines) is 2. The molecule has 3 fully saturated rings. The van der Waals surface area contributed by atoms with Crippen LogP contribution in [0.1, 0.15) is 110 Å². The van der Waals surface area contributed by atoms with Crippen LogP contribution in [-0.4, -0.2) is 103 Å². The fourth-order valence-corrected chi connectivity index (χ4v) is 13.2. The van der Waals surface area contributed by atoms with E-state index in [1.54, 1.807) is 23.8 Å². The zero-order chi connectivity index (χ0) is 46.1. The number of aryl methyl sites for hydroxylation is 3. The van der Waals surface area contributed by atoms with Gasteiger partial charge in [-0.25, -0.2) is 4.98 Å². The first kappa shape index (κ1) is 43.4. The molecule has 7 heterocycles. The highest BCUT2D eigenvalue weighted by molar-refractivity contribution is 7.15. The van der Waals surface area contributed by atoms with Gasteiger partial charge in [-0.15, -0.1) is 21.5 Å². The molecule has 4 aliphatic heterocycles. The Bertz CT molecular complexity index is 2940. The summed E-state index contributed by atoms with van der Waals surface area (Å²) in [5, 5.41) is 32.3. The molecule has 0 radical (unpaired) electrons. The van der Waals surface area contributed by atoms with Gasteiger partial charge in [0.2, 0.25) is 0 Å². The van der Waals surface area contributed by atoms with Crippen LogP contribution in [0.3, 0.4) is 0 Å². The quantitative estimate of drug-likeness (QED) is 0.131. The van der Waals surface area contributed by atoms with Crippen molar-refractivity contribution in [1.29, 1.82) is 0 Å². The molecule has 4 aromatic carbocycles. The molecular weight excluding hydrogens is 865 g/mol. The standard InChI is InChI=1S/C56H60N8O3S/c1-35-36(2)68-55-51(35)53(58-49(28-50-57-23-26-67-50)54-60-59-37(3)64(54)55)42-11-9-39(10-12-42)44-32-62(33-44)34-56(66)21-24-61(25-22-56)29-38-30-63(31-38)45-16-13-41(14-17-45)52-47(40-7-5-4-6-8-40)19-15-43-27-46(65)18-20-48(43)52/h4-14,16-18,20,23,26-27,38,44,47,49,52,65-66H,15,19,21-22,24-25,28-34H2,1-3H3/t47-,49+,52+/m1/s1. The summed E-state index contributed by atoms with van der Waals surface area (Å²) in [6.45, 7) is 14.2. The predicted octanol–water partition coefficient (Wildman–Crippen LogP) is 9.31. The van der Waals surface area contributed by atoms with Gasteiger partial charge in [0.05, 0.1) is 23.9 Å². The third-order valence-electron chi connectivity index (χ3n) is 15.9. The molecule has 1 aliphatic carbocycles. The van der Waals surface area contributed by atoms with Crippen LogP contribution >= 0.6 is 11.3 Å². The molecule has 11 nitrogen and oxygen atoms in total. The van der Waals surface area contributed by atoms with Crippen LogP contribution in [0, 0.1) is 26.7 Å². The zero-order valence-electron chi connectivity index (χ0n) is 39.3. The zero-order valence-corrected chi connectivity index (χ0v) is 40.1. The molecule has 68 heavy (non-hydrogen) atoms. The van der Waals surface area contributed by atoms with Crippen LogP contribution in [0.15, 0.2) is 119 Å². The van der Waals surface area contributed by atoms with E-state index < -0.39 is 5.60 Å². The molecule has 348 valence electrons. The molecule has 0 spiro atoms. The lowest BCUT2D eigenvalue weighted by Gasteiger charge is -2.48. The van der Waals surface area contributed by atoms with Crippen molar-refractivity contribution in [3.05, 3.63) is 176 Å². The van der Waals surface area contributed by atoms with Crippen molar-refractivity contribution < 1.29 is 14.6 Å². The van der Waals surface area contributed by atoms with E-state index in [9.17, 15) is 10.2 Å². The largest absolute Gasteiger partial charge is 0.508 e. The number of fused-ring (bicyclic) bond motifs is 4. The number of phenolic OH excluding ortho intramolecular Hbond substituents is 1. The Kier molecular flexibility index (Phi) is 11.2. The van der Waals surface area contributed by atoms with Crippen molar-refractivity contribution in [3.63, 3.8) is 0 Å². The Morgan fingerprint density at radius 1 is 0.824 bits per heavy atom. The van der Waals surface area contributed by atoms with Gasteiger partial charge in [-0.05, 0) is 110 Å². The summed E-state index contributed by atoms with van der Waals surface area (Å²) in [4.78, 5) is 18.7. The molecule has 0 bridgehead atoms. The van der Waals surface area contributed by atoms with E-state index >= 15 is 0 Å². The maximum absolute atomic E-state index is 11.8. The van der Waals surface area contributed by atoms with Gasteiger partial charge in [-0.3, -0.25) is 14.5 Å². The summed E-state index contributed by atoms with van der Waals surface area (Å²) in [6, 6.07) is 35.0. The molecule has 2 N–H and O–H groups in total. The Morgan fingerprint density at radius 3 is 2.34 bits per heavy atom. The molecule has 3 atom stereocenters. The summed E-state index contributed by atoms with van der Waals surface area (Å²) in [5.74, 6) is 4.40. The first-order chi connectivity index (χ1) is 33.1. The van der Waals surface area contributed by atoms with Crippen molar-refractivity contribution >= 4 is 22.7 Å². The molecular formula is C56H60N8O3S. The highest BCUT2D eigenvalue weighted by atomic mass is 32.1. The molecule has 12 rings (SSSR count). The molecule has 3 saturated heterocycles. The number of anilines is 1. The first-order valence-corrected chi connectivity index (χ1v) is 25.4. The van der Waals surface area contributed by atoms with Crippen molar-refractivity contribution in [2.45, 2.75) is 82.3 Å². The van der Waals surface area contributed by atoms with Crippen molar-refractivity contribution in [1.82, 2.24) is 29.5 Å². The number of oxazole rings is 1. The van der Waals surface area contributed by atoms with Crippen LogP contribution in [0.4, 0.5) is 5.69 Å². The minimum absolute atomic E-state index is 0.262. The number of phenols is 1. The molecule has 12 heteroatoms. The predicted molar refractivity (Wildman–Crippen MR) is 268 cm³/mol. The Labute approximate surface area is 402 Å². The third-order valence-corrected chi connectivity index (χ3v) is 17.1. The molecule has 0 unspecified atom stereocenters. The van der Waals surface area contributed by atoms with Gasteiger partial charge in [-0.1, -0.05) is 72.8 Å². The molecule has 0 amide bonds. The molecule has 0 saturated carbocycles. The summed E-state index contributed by atoms with van der Waals surface area (Å²) < 4.78 is 7.85. The average Bonchev–Trinajstić information content (AvgIpc) is 4.04. The van der Waals surface area contributed by atoms with Gasteiger partial charge in [0.1, 0.15) is 28.9 Å². The minimum Gasteiger partial charge on any atom is -0.508 e. The average molecular weight is 925 g/mol. The molecule has 3 aromatic heterocycles. The van der Waals surface area contributed by atoms with E-state index in [0.717, 1.165) is 112 Å². The van der Waals surface area contributed by atoms with E-state index in [0.29, 0.717) is 35.8 Å². The van der Waals surface area contributed by atoms with Crippen LogP contribution in [0.5, 0.6) is 5.75 Å². The van der Waals surface area contributed by atoms with E-state index in [1.807, 2.05) is 19.1 Å². The van der Waals surface area contributed by atoms with Gasteiger partial charge in [0, 0.05) is 91.8 Å². The Balaban J connectivity index is 0.635. The third kappa shape index (κ3) is 8.08. The van der Waals surface area contributed by atoms with Crippen LogP contribution < -0.4 is 4.90 Å². The van der Waals surface area contributed by atoms with Gasteiger partial charge in [0.15, 0.2) is 11.7 Å². The summed E-state index contributed by atoms with van der Waals surface area (Å²) in [5.41, 5.74) is 11.8. The van der Waals surface area contributed by atoms with Crippen LogP contribution in [0.2, 0.25) is 0 Å². The Hall–Kier alpha value is -5.92. The van der Waals surface area contributed by atoms with Gasteiger partial charge in [0.25, 0.3) is 0 Å². The number of aliphatic hydroxyl groups is 1. The number of piperidine rings is 1. The molecule has 7 aromatic rings. The summed E-state index contributed by atoms with van der Waals surface area (Å²) in [7, 11) is 0. The number of aromatic nitrogens is 4. The monoisotopic (exact) mass is 924 g/mol. The van der Waals surface area contributed by atoms with Crippen LogP contribution in [-0.2, 0) is 12.8 Å². The minimum atomic E-state index is -0.632. The second-order valence-electron chi connectivity index (χ2n) is 20.3. The molecule has 5 aliphatic rings.